The van der Waals surface area contributed by atoms with Crippen LogP contribution in [0.2, 0.25) is 0 Å². The van der Waals surface area contributed by atoms with Gasteiger partial charge < -0.3 is 9.64 Å². The molecule has 1 heterocycles. The molecule has 1 aliphatic heterocycles. The highest BCUT2D eigenvalue weighted by molar-refractivity contribution is 8.00. The summed E-state index contributed by atoms with van der Waals surface area (Å²) < 4.78 is 29.2. The summed E-state index contributed by atoms with van der Waals surface area (Å²) in [7, 11) is -3.23. The second-order valence-electron chi connectivity index (χ2n) is 5.31. The number of sulfonamides is 1. The van der Waals surface area contributed by atoms with Gasteiger partial charge in [-0.25, -0.2) is 8.42 Å². The molecule has 1 aromatic rings. The van der Waals surface area contributed by atoms with Crippen LogP contribution in [0.15, 0.2) is 35.2 Å². The minimum atomic E-state index is -3.23. The number of piperazine rings is 1. The molecular formula is C15H20N2O5S2. The summed E-state index contributed by atoms with van der Waals surface area (Å²) in [5.41, 5.74) is 0. The van der Waals surface area contributed by atoms with E-state index in [9.17, 15) is 18.0 Å². The number of ether oxygens (including phenoxy) is 1. The van der Waals surface area contributed by atoms with Crippen molar-refractivity contribution in [2.45, 2.75) is 4.90 Å². The number of amides is 1. The van der Waals surface area contributed by atoms with Crippen LogP contribution in [0, 0.1) is 0 Å². The Morgan fingerprint density at radius 1 is 1.12 bits per heavy atom. The van der Waals surface area contributed by atoms with E-state index in [0.717, 1.165) is 11.2 Å². The van der Waals surface area contributed by atoms with E-state index in [1.807, 2.05) is 30.3 Å². The summed E-state index contributed by atoms with van der Waals surface area (Å²) in [4.78, 5) is 26.2. The summed E-state index contributed by atoms with van der Waals surface area (Å²) in [5, 5.41) is 0. The van der Waals surface area contributed by atoms with E-state index in [-0.39, 0.29) is 31.4 Å². The lowest BCUT2D eigenvalue weighted by Gasteiger charge is -2.33. The number of thioether (sulfide) groups is 1. The molecule has 1 saturated heterocycles. The van der Waals surface area contributed by atoms with Gasteiger partial charge in [-0.05, 0) is 12.1 Å². The molecule has 0 N–H and O–H groups in total. The first kappa shape index (κ1) is 18.8. The number of nitrogens with zero attached hydrogens (tertiary/aromatic N) is 2. The minimum Gasteiger partial charge on any atom is -0.455 e. The molecule has 0 bridgehead atoms. The van der Waals surface area contributed by atoms with E-state index < -0.39 is 16.0 Å². The van der Waals surface area contributed by atoms with Gasteiger partial charge in [-0.2, -0.15) is 4.31 Å². The van der Waals surface area contributed by atoms with Crippen LogP contribution < -0.4 is 0 Å². The van der Waals surface area contributed by atoms with Gasteiger partial charge in [0.25, 0.3) is 5.91 Å². The van der Waals surface area contributed by atoms with Crippen molar-refractivity contribution in [3.63, 3.8) is 0 Å². The summed E-state index contributed by atoms with van der Waals surface area (Å²) in [6, 6.07) is 9.44. The molecule has 1 fully saturated rings. The smallest absolute Gasteiger partial charge is 0.316 e. The molecule has 0 spiro atoms. The van der Waals surface area contributed by atoms with Crippen molar-refractivity contribution < 1.29 is 22.7 Å². The zero-order valence-corrected chi connectivity index (χ0v) is 15.0. The van der Waals surface area contributed by atoms with Gasteiger partial charge in [0.2, 0.25) is 10.0 Å². The van der Waals surface area contributed by atoms with Gasteiger partial charge in [-0.15, -0.1) is 11.8 Å². The molecule has 2 rings (SSSR count). The normalized spacial score (nSPS) is 16.0. The van der Waals surface area contributed by atoms with Gasteiger partial charge in [0, 0.05) is 31.1 Å². The Balaban J connectivity index is 1.69. The van der Waals surface area contributed by atoms with E-state index in [2.05, 4.69) is 0 Å². The number of esters is 1. The van der Waals surface area contributed by atoms with Crippen molar-refractivity contribution in [2.24, 2.45) is 0 Å². The van der Waals surface area contributed by atoms with Gasteiger partial charge in [0.05, 0.1) is 12.0 Å². The monoisotopic (exact) mass is 372 g/mol. The predicted molar refractivity (Wildman–Crippen MR) is 91.1 cm³/mol. The summed E-state index contributed by atoms with van der Waals surface area (Å²) in [6.07, 6.45) is 1.15. The van der Waals surface area contributed by atoms with E-state index in [1.165, 1.54) is 21.0 Å². The summed E-state index contributed by atoms with van der Waals surface area (Å²) >= 11 is 1.35. The molecule has 0 atom stereocenters. The van der Waals surface area contributed by atoms with Crippen LogP contribution in [-0.4, -0.2) is 74.3 Å². The van der Waals surface area contributed by atoms with Crippen molar-refractivity contribution in [1.29, 1.82) is 0 Å². The Morgan fingerprint density at radius 3 is 2.33 bits per heavy atom. The molecule has 0 radical (unpaired) electrons. The van der Waals surface area contributed by atoms with E-state index in [4.69, 9.17) is 4.74 Å². The quantitative estimate of drug-likeness (QED) is 0.532. The molecular weight excluding hydrogens is 352 g/mol. The van der Waals surface area contributed by atoms with Crippen LogP contribution in [0.25, 0.3) is 0 Å². The zero-order chi connectivity index (χ0) is 17.6. The number of benzene rings is 1. The average Bonchev–Trinajstić information content (AvgIpc) is 2.58. The third kappa shape index (κ3) is 5.81. The van der Waals surface area contributed by atoms with Gasteiger partial charge in [0.1, 0.15) is 0 Å². The Kier molecular flexibility index (Phi) is 6.64. The van der Waals surface area contributed by atoms with E-state index >= 15 is 0 Å². The fourth-order valence-electron chi connectivity index (χ4n) is 2.20. The largest absolute Gasteiger partial charge is 0.455 e. The van der Waals surface area contributed by atoms with Crippen molar-refractivity contribution in [3.8, 4) is 0 Å². The maximum absolute atomic E-state index is 12.0. The first-order valence-corrected chi connectivity index (χ1v) is 10.3. The lowest BCUT2D eigenvalue weighted by atomic mass is 10.3. The van der Waals surface area contributed by atoms with Crippen LogP contribution >= 0.6 is 11.8 Å². The van der Waals surface area contributed by atoms with Crippen LogP contribution in [0.4, 0.5) is 0 Å². The molecule has 0 aromatic heterocycles. The molecule has 9 heteroatoms. The Hall–Kier alpha value is -1.58. The molecule has 1 aliphatic rings. The van der Waals surface area contributed by atoms with Crippen molar-refractivity contribution in [1.82, 2.24) is 9.21 Å². The van der Waals surface area contributed by atoms with Gasteiger partial charge in [-0.1, -0.05) is 18.2 Å². The first-order chi connectivity index (χ1) is 11.4. The number of carbonyl (C=O) groups excluding carboxylic acids is 2. The van der Waals surface area contributed by atoms with Crippen LogP contribution in [0.3, 0.4) is 0 Å². The summed E-state index contributed by atoms with van der Waals surface area (Å²) in [5.74, 6) is -0.618. The number of rotatable bonds is 6. The maximum atomic E-state index is 12.0. The highest BCUT2D eigenvalue weighted by atomic mass is 32.2. The average molecular weight is 372 g/mol. The molecule has 7 nitrogen and oxygen atoms in total. The van der Waals surface area contributed by atoms with Crippen molar-refractivity contribution in [3.05, 3.63) is 30.3 Å². The molecule has 132 valence electrons. The molecule has 1 amide bonds. The molecule has 0 unspecified atom stereocenters. The fraction of sp³-hybridized carbons (Fsp3) is 0.467. The highest BCUT2D eigenvalue weighted by Gasteiger charge is 2.26. The Labute approximate surface area is 146 Å². The van der Waals surface area contributed by atoms with Gasteiger partial charge in [-0.3, -0.25) is 9.59 Å². The predicted octanol–water partition coefficient (Wildman–Crippen LogP) is 0.426. The maximum Gasteiger partial charge on any atom is 0.316 e. The second kappa shape index (κ2) is 8.50. The Bertz CT molecular complexity index is 670. The van der Waals surface area contributed by atoms with Gasteiger partial charge in [0.15, 0.2) is 6.61 Å². The lowest BCUT2D eigenvalue weighted by Crippen LogP contribution is -2.51. The fourth-order valence-corrected chi connectivity index (χ4v) is 3.75. The molecule has 0 saturated carbocycles. The molecule has 24 heavy (non-hydrogen) atoms. The Morgan fingerprint density at radius 2 is 1.75 bits per heavy atom. The summed E-state index contributed by atoms with van der Waals surface area (Å²) in [6.45, 7) is 0.836. The minimum absolute atomic E-state index is 0.138. The highest BCUT2D eigenvalue weighted by Crippen LogP contribution is 2.16. The SMILES string of the molecule is CS(=O)(=O)N1CCN(C(=O)COC(=O)CSc2ccccc2)CC1. The third-order valence-corrected chi connectivity index (χ3v) is 5.81. The van der Waals surface area contributed by atoms with Crippen LogP contribution in [0.5, 0.6) is 0 Å². The number of hydrogen-bond donors (Lipinski definition) is 0. The molecule has 1 aromatic carbocycles. The van der Waals surface area contributed by atoms with E-state index in [1.54, 1.807) is 0 Å². The second-order valence-corrected chi connectivity index (χ2v) is 8.34. The number of hydrogen-bond acceptors (Lipinski definition) is 6. The number of carbonyl (C=O) groups is 2. The third-order valence-electron chi connectivity index (χ3n) is 3.52. The van der Waals surface area contributed by atoms with E-state index in [0.29, 0.717) is 13.1 Å². The van der Waals surface area contributed by atoms with Crippen LogP contribution in [0.1, 0.15) is 0 Å². The first-order valence-electron chi connectivity index (χ1n) is 7.42. The van der Waals surface area contributed by atoms with Gasteiger partial charge >= 0.3 is 5.97 Å². The zero-order valence-electron chi connectivity index (χ0n) is 13.4. The van der Waals surface area contributed by atoms with Crippen molar-refractivity contribution >= 4 is 33.7 Å². The topological polar surface area (TPSA) is 84.0 Å². The standard InChI is InChI=1S/C15H20N2O5S2/c1-24(20,21)17-9-7-16(8-10-17)14(18)11-22-15(19)12-23-13-5-3-2-4-6-13/h2-6H,7-12H2,1H3. The van der Waals surface area contributed by atoms with Crippen molar-refractivity contribution in [2.75, 3.05) is 44.8 Å². The lowest BCUT2D eigenvalue weighted by molar-refractivity contribution is -0.150. The van der Waals surface area contributed by atoms with Crippen LogP contribution in [-0.2, 0) is 24.3 Å². The molecule has 0 aliphatic carbocycles.